The van der Waals surface area contributed by atoms with Crippen molar-refractivity contribution in [2.45, 2.75) is 49.7 Å². The molecule has 5 unspecified atom stereocenters. The zero-order chi connectivity index (χ0) is 20.3. The van der Waals surface area contributed by atoms with Gasteiger partial charge in [-0.2, -0.15) is 13.2 Å². The topological polar surface area (TPSA) is 107 Å². The van der Waals surface area contributed by atoms with E-state index in [0.717, 1.165) is 26.2 Å². The monoisotopic (exact) mass is 408 g/mol. The maximum atomic E-state index is 13.1. The second-order valence-corrected chi connectivity index (χ2v) is 7.40. The minimum absolute atomic E-state index is 0.0906. The lowest BCUT2D eigenvalue weighted by Gasteiger charge is -2.39. The summed E-state index contributed by atoms with van der Waals surface area (Å²) in [6, 6.07) is -2.59. The van der Waals surface area contributed by atoms with Gasteiger partial charge in [0.2, 0.25) is 5.91 Å². The molecule has 0 aromatic heterocycles. The van der Waals surface area contributed by atoms with Crippen LogP contribution in [0.5, 0.6) is 0 Å². The maximum absolute atomic E-state index is 13.1. The van der Waals surface area contributed by atoms with E-state index in [4.69, 9.17) is 0 Å². The number of hydrazine groups is 1. The van der Waals surface area contributed by atoms with Crippen molar-refractivity contribution in [2.24, 2.45) is 5.92 Å². The molecule has 0 bridgehead atoms. The van der Waals surface area contributed by atoms with Crippen molar-refractivity contribution in [3.63, 3.8) is 0 Å². The lowest BCUT2D eigenvalue weighted by atomic mass is 9.89. The highest BCUT2D eigenvalue weighted by Crippen LogP contribution is 2.32. The third-order valence-corrected chi connectivity index (χ3v) is 5.57. The van der Waals surface area contributed by atoms with Gasteiger partial charge in [-0.15, -0.1) is 0 Å². The normalized spacial score (nSPS) is 34.8. The lowest BCUT2D eigenvalue weighted by Crippen LogP contribution is -2.65. The van der Waals surface area contributed by atoms with Crippen LogP contribution in [-0.4, -0.2) is 80.7 Å². The van der Waals surface area contributed by atoms with Gasteiger partial charge in [-0.25, -0.2) is 10.9 Å². The van der Waals surface area contributed by atoms with E-state index >= 15 is 0 Å². The number of nitrogens with zero attached hydrogens (tertiary/aromatic N) is 1. The summed E-state index contributed by atoms with van der Waals surface area (Å²) in [5.74, 6) is -2.76. The number of piperidine rings is 1. The first-order valence-corrected chi connectivity index (χ1v) is 9.43. The van der Waals surface area contributed by atoms with Crippen LogP contribution in [0.1, 0.15) is 19.3 Å². The molecule has 5 N–H and O–H groups in total. The lowest BCUT2D eigenvalue weighted by molar-refractivity contribution is -0.184. The summed E-state index contributed by atoms with van der Waals surface area (Å²) in [6.07, 6.45) is -3.43. The Kier molecular flexibility index (Phi) is 6.76. The second-order valence-electron chi connectivity index (χ2n) is 7.40. The largest absolute Gasteiger partial charge is 0.468 e. The van der Waals surface area contributed by atoms with Crippen LogP contribution in [0.3, 0.4) is 0 Å². The Bertz CT molecular complexity index is 564. The van der Waals surface area contributed by atoms with Crippen molar-refractivity contribution in [3.8, 4) is 0 Å². The molecule has 3 fully saturated rings. The van der Waals surface area contributed by atoms with E-state index < -0.39 is 42.1 Å². The van der Waals surface area contributed by atoms with E-state index in [9.17, 15) is 22.8 Å². The number of ether oxygens (including phenoxy) is 1. The standard InChI is InChI=1S/C16H27F3N6O3/c1-28-15(27)13-11(6-9(7-21-13)16(17,18)19)22-14(26)10-2-3-12(24-23-10)25-5-4-20-8-25/h9-13,20-21,23-24H,2-8H2,1H3,(H,22,26). The number of methoxy groups -OCH3 is 1. The first-order valence-electron chi connectivity index (χ1n) is 9.43. The van der Waals surface area contributed by atoms with Crippen LogP contribution in [-0.2, 0) is 14.3 Å². The summed E-state index contributed by atoms with van der Waals surface area (Å²) in [5, 5.41) is 8.41. The third-order valence-electron chi connectivity index (χ3n) is 5.57. The van der Waals surface area contributed by atoms with Gasteiger partial charge in [-0.05, 0) is 19.3 Å². The van der Waals surface area contributed by atoms with Crippen LogP contribution in [0.25, 0.3) is 0 Å². The Morgan fingerprint density at radius 1 is 1.21 bits per heavy atom. The Morgan fingerprint density at radius 3 is 2.57 bits per heavy atom. The SMILES string of the molecule is COC(=O)C1NCC(C(F)(F)F)CC1NC(=O)C1CCC(N2CCNC2)NN1. The van der Waals surface area contributed by atoms with Gasteiger partial charge in [-0.1, -0.05) is 0 Å². The van der Waals surface area contributed by atoms with Crippen molar-refractivity contribution >= 4 is 11.9 Å². The average molecular weight is 408 g/mol. The number of nitrogens with one attached hydrogen (secondary N) is 5. The number of rotatable bonds is 4. The van der Waals surface area contributed by atoms with E-state index in [1.807, 2.05) is 0 Å². The molecule has 0 radical (unpaired) electrons. The summed E-state index contributed by atoms with van der Waals surface area (Å²) >= 11 is 0. The predicted molar refractivity (Wildman–Crippen MR) is 92.6 cm³/mol. The average Bonchev–Trinajstić information content (AvgIpc) is 3.21. The first-order chi connectivity index (χ1) is 13.3. The number of carbonyl (C=O) groups is 2. The molecule has 3 rings (SSSR count). The van der Waals surface area contributed by atoms with Crippen molar-refractivity contribution < 1.29 is 27.5 Å². The van der Waals surface area contributed by atoms with Crippen molar-refractivity contribution in [2.75, 3.05) is 33.4 Å². The Balaban J connectivity index is 1.57. The number of halogens is 3. The highest BCUT2D eigenvalue weighted by atomic mass is 19.4. The third kappa shape index (κ3) is 4.92. The molecule has 28 heavy (non-hydrogen) atoms. The number of alkyl halides is 3. The minimum Gasteiger partial charge on any atom is -0.468 e. The maximum Gasteiger partial charge on any atom is 0.393 e. The summed E-state index contributed by atoms with van der Waals surface area (Å²) in [6.45, 7) is 2.20. The Morgan fingerprint density at radius 2 is 2.00 bits per heavy atom. The van der Waals surface area contributed by atoms with Gasteiger partial charge in [0.15, 0.2) is 0 Å². The van der Waals surface area contributed by atoms with Gasteiger partial charge >= 0.3 is 12.1 Å². The fourth-order valence-corrected chi connectivity index (χ4v) is 3.91. The molecule has 3 heterocycles. The zero-order valence-corrected chi connectivity index (χ0v) is 15.6. The minimum atomic E-state index is -4.40. The number of amides is 1. The fourth-order valence-electron chi connectivity index (χ4n) is 3.91. The Hall–Kier alpha value is -1.47. The molecule has 0 spiro atoms. The van der Waals surface area contributed by atoms with Gasteiger partial charge in [0.1, 0.15) is 12.1 Å². The van der Waals surface area contributed by atoms with Crippen LogP contribution in [0.2, 0.25) is 0 Å². The van der Waals surface area contributed by atoms with Gasteiger partial charge in [-0.3, -0.25) is 14.5 Å². The first kappa shape index (κ1) is 21.2. The summed E-state index contributed by atoms with van der Waals surface area (Å²) in [7, 11) is 1.17. The van der Waals surface area contributed by atoms with E-state index in [2.05, 4.69) is 36.4 Å². The summed E-state index contributed by atoms with van der Waals surface area (Å²) in [4.78, 5) is 26.7. The number of carbonyl (C=O) groups excluding carboxylic acids is 2. The van der Waals surface area contributed by atoms with Crippen LogP contribution >= 0.6 is 0 Å². The molecule has 3 saturated heterocycles. The van der Waals surface area contributed by atoms with Gasteiger partial charge in [0, 0.05) is 26.3 Å². The van der Waals surface area contributed by atoms with Crippen LogP contribution in [0, 0.1) is 5.92 Å². The molecule has 3 aliphatic heterocycles. The molecule has 1 amide bonds. The smallest absolute Gasteiger partial charge is 0.393 e. The second kappa shape index (κ2) is 8.91. The summed E-state index contributed by atoms with van der Waals surface area (Å²) in [5.41, 5.74) is 6.04. The van der Waals surface area contributed by atoms with Crippen molar-refractivity contribution in [1.29, 1.82) is 0 Å². The molecule has 0 aromatic carbocycles. The van der Waals surface area contributed by atoms with E-state index in [0.29, 0.717) is 6.42 Å². The van der Waals surface area contributed by atoms with E-state index in [1.165, 1.54) is 7.11 Å². The molecule has 9 nitrogen and oxygen atoms in total. The molecule has 0 saturated carbocycles. The van der Waals surface area contributed by atoms with Crippen molar-refractivity contribution in [1.82, 2.24) is 31.7 Å². The molecule has 0 aliphatic carbocycles. The van der Waals surface area contributed by atoms with Gasteiger partial charge in [0.05, 0.1) is 25.2 Å². The van der Waals surface area contributed by atoms with E-state index in [1.54, 1.807) is 0 Å². The Labute approximate surface area is 161 Å². The van der Waals surface area contributed by atoms with Gasteiger partial charge in [0.25, 0.3) is 0 Å². The molecule has 12 heteroatoms. The quantitative estimate of drug-likeness (QED) is 0.363. The molecule has 0 aromatic rings. The molecular weight excluding hydrogens is 381 g/mol. The predicted octanol–water partition coefficient (Wildman–Crippen LogP) is -1.37. The summed E-state index contributed by atoms with van der Waals surface area (Å²) < 4.78 is 44.0. The fraction of sp³-hybridized carbons (Fsp3) is 0.875. The molecule has 3 aliphatic rings. The highest BCUT2D eigenvalue weighted by molar-refractivity contribution is 5.84. The van der Waals surface area contributed by atoms with Crippen molar-refractivity contribution in [3.05, 3.63) is 0 Å². The number of esters is 1. The van der Waals surface area contributed by atoms with Crippen LogP contribution < -0.4 is 26.8 Å². The van der Waals surface area contributed by atoms with Crippen LogP contribution in [0.4, 0.5) is 13.2 Å². The molecular formula is C16H27F3N6O3. The van der Waals surface area contributed by atoms with Crippen LogP contribution in [0.15, 0.2) is 0 Å². The number of hydrogen-bond acceptors (Lipinski definition) is 8. The zero-order valence-electron chi connectivity index (χ0n) is 15.6. The molecule has 5 atom stereocenters. The number of hydrogen-bond donors (Lipinski definition) is 5. The van der Waals surface area contributed by atoms with Gasteiger partial charge < -0.3 is 20.7 Å². The highest BCUT2D eigenvalue weighted by Gasteiger charge is 2.47. The van der Waals surface area contributed by atoms with E-state index in [-0.39, 0.29) is 19.1 Å². The molecule has 160 valence electrons.